The molecule has 176 valence electrons. The predicted octanol–water partition coefficient (Wildman–Crippen LogP) is 6.38. The first-order valence-corrected chi connectivity index (χ1v) is 12.3. The second-order valence-corrected chi connectivity index (χ2v) is 9.91. The summed E-state index contributed by atoms with van der Waals surface area (Å²) in [4.78, 5) is 24.5. The molecule has 4 N–H and O–H groups in total. The van der Waals surface area contributed by atoms with Crippen molar-refractivity contribution in [2.75, 3.05) is 23.7 Å². The lowest BCUT2D eigenvalue weighted by Gasteiger charge is -2.31. The Morgan fingerprint density at radius 2 is 1.39 bits per heavy atom. The molecule has 0 heterocycles. The highest BCUT2D eigenvalue weighted by molar-refractivity contribution is 6.31. The number of hydrogen-bond donors (Lipinski definition) is 4. The molecular formula is C25H30Cl2N4O2. The van der Waals surface area contributed by atoms with Crippen molar-refractivity contribution in [1.82, 2.24) is 10.6 Å². The smallest absolute Gasteiger partial charge is 0.319 e. The van der Waals surface area contributed by atoms with E-state index in [0.717, 1.165) is 18.8 Å². The zero-order chi connectivity index (χ0) is 23.2. The summed E-state index contributed by atoms with van der Waals surface area (Å²) in [6, 6.07) is 13.8. The Bertz CT molecular complexity index is 986. The second-order valence-electron chi connectivity index (χ2n) is 9.04. The Balaban J connectivity index is 1.20. The van der Waals surface area contributed by atoms with Gasteiger partial charge in [-0.2, -0.15) is 0 Å². The standard InChI is InChI=1S/C25H30Cl2N4O2/c26-18-4-1-6-20(13-18)30-24(32)28-11-3-8-22-16-9-10-17(12-16)23(22)15-29-25(33)31-21-7-2-5-19(27)14-21/h1-2,4-7,13-14,16-17,22-23H,3,8-12,15H2,(H2,28,30,32)(H2,29,31,33)/t16-,17-,22-,23-/m0/s1. The summed E-state index contributed by atoms with van der Waals surface area (Å²) in [7, 11) is 0. The molecule has 2 aliphatic rings. The van der Waals surface area contributed by atoms with Crippen molar-refractivity contribution in [3.8, 4) is 0 Å². The molecule has 4 atom stereocenters. The highest BCUT2D eigenvalue weighted by Gasteiger charge is 2.46. The lowest BCUT2D eigenvalue weighted by atomic mass is 9.77. The Morgan fingerprint density at radius 3 is 2.00 bits per heavy atom. The van der Waals surface area contributed by atoms with Crippen LogP contribution in [-0.4, -0.2) is 25.2 Å². The maximum Gasteiger partial charge on any atom is 0.319 e. The molecule has 6 nitrogen and oxygen atoms in total. The number of amides is 4. The Morgan fingerprint density at radius 1 is 0.818 bits per heavy atom. The molecule has 2 saturated carbocycles. The predicted molar refractivity (Wildman–Crippen MR) is 134 cm³/mol. The van der Waals surface area contributed by atoms with Crippen LogP contribution >= 0.6 is 23.2 Å². The van der Waals surface area contributed by atoms with Gasteiger partial charge in [0.1, 0.15) is 0 Å². The maximum atomic E-state index is 12.4. The molecule has 0 aliphatic heterocycles. The monoisotopic (exact) mass is 488 g/mol. The van der Waals surface area contributed by atoms with Gasteiger partial charge in [-0.3, -0.25) is 0 Å². The third kappa shape index (κ3) is 6.55. The fourth-order valence-electron chi connectivity index (χ4n) is 5.53. The van der Waals surface area contributed by atoms with E-state index >= 15 is 0 Å². The molecule has 4 amide bonds. The summed E-state index contributed by atoms with van der Waals surface area (Å²) in [5, 5.41) is 12.8. The summed E-state index contributed by atoms with van der Waals surface area (Å²) < 4.78 is 0. The van der Waals surface area contributed by atoms with Gasteiger partial charge in [-0.25, -0.2) is 9.59 Å². The summed E-state index contributed by atoms with van der Waals surface area (Å²) in [6.07, 6.45) is 5.77. The SMILES string of the molecule is O=C(NCCC[C@H]1[C@H]2CC[C@@H](C2)[C@@H]1CNC(=O)Nc1cccc(Cl)c1)Nc1cccc(Cl)c1. The maximum absolute atomic E-state index is 12.4. The second kappa shape index (κ2) is 11.1. The quantitative estimate of drug-likeness (QED) is 0.325. The van der Waals surface area contributed by atoms with Crippen molar-refractivity contribution in [3.05, 3.63) is 58.6 Å². The number of rotatable bonds is 8. The van der Waals surface area contributed by atoms with Gasteiger partial charge < -0.3 is 21.3 Å². The molecule has 2 aromatic rings. The lowest BCUT2D eigenvalue weighted by molar-refractivity contribution is 0.198. The first-order chi connectivity index (χ1) is 16.0. The van der Waals surface area contributed by atoms with E-state index in [-0.39, 0.29) is 12.1 Å². The summed E-state index contributed by atoms with van der Waals surface area (Å²) in [5.41, 5.74) is 1.36. The minimum Gasteiger partial charge on any atom is -0.338 e. The van der Waals surface area contributed by atoms with E-state index in [0.29, 0.717) is 52.3 Å². The van der Waals surface area contributed by atoms with E-state index in [9.17, 15) is 9.59 Å². The van der Waals surface area contributed by atoms with Gasteiger partial charge in [0.2, 0.25) is 0 Å². The molecule has 2 fully saturated rings. The molecule has 33 heavy (non-hydrogen) atoms. The largest absolute Gasteiger partial charge is 0.338 e. The van der Waals surface area contributed by atoms with Crippen LogP contribution in [-0.2, 0) is 0 Å². The van der Waals surface area contributed by atoms with E-state index in [1.807, 2.05) is 12.1 Å². The normalized spacial score (nSPS) is 23.2. The van der Waals surface area contributed by atoms with Crippen LogP contribution in [0.4, 0.5) is 21.0 Å². The molecule has 0 saturated heterocycles. The van der Waals surface area contributed by atoms with E-state index in [2.05, 4.69) is 21.3 Å². The molecule has 0 unspecified atom stereocenters. The highest BCUT2D eigenvalue weighted by Crippen LogP contribution is 2.53. The number of urea groups is 2. The highest BCUT2D eigenvalue weighted by atomic mass is 35.5. The van der Waals surface area contributed by atoms with Crippen LogP contribution in [0.5, 0.6) is 0 Å². The summed E-state index contributed by atoms with van der Waals surface area (Å²) >= 11 is 11.9. The molecule has 4 rings (SSSR count). The summed E-state index contributed by atoms with van der Waals surface area (Å²) in [5.74, 6) is 2.51. The Labute approximate surface area is 204 Å². The number of halogens is 2. The van der Waals surface area contributed by atoms with Crippen molar-refractivity contribution in [2.24, 2.45) is 23.7 Å². The van der Waals surface area contributed by atoms with Crippen molar-refractivity contribution in [3.63, 3.8) is 0 Å². The van der Waals surface area contributed by atoms with Crippen LogP contribution in [0.3, 0.4) is 0 Å². The van der Waals surface area contributed by atoms with Crippen LogP contribution in [0.15, 0.2) is 48.5 Å². The van der Waals surface area contributed by atoms with Crippen molar-refractivity contribution >= 4 is 46.6 Å². The minimum absolute atomic E-state index is 0.196. The number of carbonyl (C=O) groups is 2. The average Bonchev–Trinajstić information content (AvgIpc) is 3.37. The average molecular weight is 489 g/mol. The topological polar surface area (TPSA) is 82.3 Å². The molecule has 2 aliphatic carbocycles. The fourth-order valence-corrected chi connectivity index (χ4v) is 5.91. The van der Waals surface area contributed by atoms with Gasteiger partial charge in [-0.15, -0.1) is 0 Å². The molecule has 0 radical (unpaired) electrons. The van der Waals surface area contributed by atoms with Crippen LogP contribution in [0, 0.1) is 23.7 Å². The fraction of sp³-hybridized carbons (Fsp3) is 0.440. The molecule has 0 aromatic heterocycles. The van der Waals surface area contributed by atoms with E-state index in [1.165, 1.54) is 19.3 Å². The first kappa shape index (κ1) is 23.7. The van der Waals surface area contributed by atoms with Crippen LogP contribution < -0.4 is 21.3 Å². The molecule has 0 spiro atoms. The van der Waals surface area contributed by atoms with Gasteiger partial charge >= 0.3 is 12.1 Å². The third-order valence-electron chi connectivity index (χ3n) is 6.94. The van der Waals surface area contributed by atoms with Gasteiger partial charge in [0.05, 0.1) is 0 Å². The molecule has 2 bridgehead atoms. The molecule has 8 heteroatoms. The number of anilines is 2. The Kier molecular flexibility index (Phi) is 7.99. The molecule has 2 aromatic carbocycles. The van der Waals surface area contributed by atoms with Crippen LogP contribution in [0.25, 0.3) is 0 Å². The van der Waals surface area contributed by atoms with Crippen molar-refractivity contribution in [2.45, 2.75) is 32.1 Å². The Hall–Kier alpha value is -2.44. The van der Waals surface area contributed by atoms with Gasteiger partial charge in [0.15, 0.2) is 0 Å². The van der Waals surface area contributed by atoms with Gasteiger partial charge in [-0.05, 0) is 92.2 Å². The van der Waals surface area contributed by atoms with Crippen molar-refractivity contribution < 1.29 is 9.59 Å². The van der Waals surface area contributed by atoms with Gasteiger partial charge in [0, 0.05) is 34.5 Å². The van der Waals surface area contributed by atoms with Crippen LogP contribution in [0.1, 0.15) is 32.1 Å². The number of nitrogens with one attached hydrogen (secondary N) is 4. The number of hydrogen-bond acceptors (Lipinski definition) is 2. The lowest BCUT2D eigenvalue weighted by Crippen LogP contribution is -2.38. The number of carbonyl (C=O) groups excluding carboxylic acids is 2. The van der Waals surface area contributed by atoms with Crippen LogP contribution in [0.2, 0.25) is 10.0 Å². The van der Waals surface area contributed by atoms with Crippen molar-refractivity contribution in [1.29, 1.82) is 0 Å². The van der Waals surface area contributed by atoms with E-state index < -0.39 is 0 Å². The summed E-state index contributed by atoms with van der Waals surface area (Å²) in [6.45, 7) is 1.30. The minimum atomic E-state index is -0.221. The number of benzene rings is 2. The third-order valence-corrected chi connectivity index (χ3v) is 7.41. The zero-order valence-corrected chi connectivity index (χ0v) is 20.0. The zero-order valence-electron chi connectivity index (χ0n) is 18.5. The van der Waals surface area contributed by atoms with Gasteiger partial charge in [-0.1, -0.05) is 35.3 Å². The number of fused-ring (bicyclic) bond motifs is 2. The molecular weight excluding hydrogens is 459 g/mol. The van der Waals surface area contributed by atoms with E-state index in [4.69, 9.17) is 23.2 Å². The van der Waals surface area contributed by atoms with E-state index in [1.54, 1.807) is 36.4 Å². The van der Waals surface area contributed by atoms with Gasteiger partial charge in [0.25, 0.3) is 0 Å². The first-order valence-electron chi connectivity index (χ1n) is 11.6.